The lowest BCUT2D eigenvalue weighted by Crippen LogP contribution is -2.08. The highest BCUT2D eigenvalue weighted by Crippen LogP contribution is 2.32. The van der Waals surface area contributed by atoms with E-state index >= 15 is 0 Å². The van der Waals surface area contributed by atoms with Crippen LogP contribution in [0.5, 0.6) is 0 Å². The van der Waals surface area contributed by atoms with E-state index in [-0.39, 0.29) is 10.9 Å². The standard InChI is InChI=1S/C17H19S/c1-3-15(4-2)18(16-11-7-5-8-12-16)17-13-9-6-10-14-17/h3-5,7-9,11-14H,1,6,10H2,2H3/q+1/b15-4+. The number of rotatable bonds is 4. The van der Waals surface area contributed by atoms with Crippen LogP contribution in [0.25, 0.3) is 0 Å². The van der Waals surface area contributed by atoms with Crippen molar-refractivity contribution in [2.24, 2.45) is 0 Å². The highest BCUT2D eigenvalue weighted by atomic mass is 32.2. The molecule has 92 valence electrons. The predicted molar refractivity (Wildman–Crippen MR) is 82.5 cm³/mol. The van der Waals surface area contributed by atoms with E-state index in [2.05, 4.69) is 68.1 Å². The average molecular weight is 255 g/mol. The minimum absolute atomic E-state index is 0.00523. The van der Waals surface area contributed by atoms with Crippen molar-refractivity contribution in [3.05, 3.63) is 77.1 Å². The van der Waals surface area contributed by atoms with Crippen LogP contribution in [-0.2, 0) is 10.9 Å². The summed E-state index contributed by atoms with van der Waals surface area (Å²) in [7, 11) is 0.00523. The van der Waals surface area contributed by atoms with E-state index < -0.39 is 0 Å². The molecule has 0 bridgehead atoms. The molecule has 0 N–H and O–H groups in total. The van der Waals surface area contributed by atoms with Gasteiger partial charge >= 0.3 is 0 Å². The van der Waals surface area contributed by atoms with Gasteiger partial charge in [0.25, 0.3) is 0 Å². The molecule has 0 saturated heterocycles. The highest BCUT2D eigenvalue weighted by molar-refractivity contribution is 8.04. The van der Waals surface area contributed by atoms with E-state index in [0.717, 1.165) is 12.8 Å². The van der Waals surface area contributed by atoms with Crippen molar-refractivity contribution >= 4 is 10.9 Å². The molecule has 0 radical (unpaired) electrons. The zero-order valence-electron chi connectivity index (χ0n) is 10.8. The molecule has 18 heavy (non-hydrogen) atoms. The number of benzene rings is 1. The van der Waals surface area contributed by atoms with Crippen LogP contribution in [0.2, 0.25) is 0 Å². The Morgan fingerprint density at radius 3 is 2.56 bits per heavy atom. The molecule has 1 atom stereocenters. The smallest absolute Gasteiger partial charge is 0.0941 e. The Morgan fingerprint density at radius 2 is 2.00 bits per heavy atom. The minimum Gasteiger partial charge on any atom is -0.0941 e. The summed E-state index contributed by atoms with van der Waals surface area (Å²) in [4.78, 5) is 4.09. The normalized spacial score (nSPS) is 17.2. The molecule has 1 aromatic rings. The molecule has 1 aromatic carbocycles. The minimum atomic E-state index is 0.00523. The van der Waals surface area contributed by atoms with Gasteiger partial charge in [0.1, 0.15) is 0 Å². The van der Waals surface area contributed by atoms with Crippen molar-refractivity contribution in [1.82, 2.24) is 0 Å². The molecule has 1 heteroatoms. The first kappa shape index (κ1) is 13.0. The molecule has 1 unspecified atom stereocenters. The molecule has 1 aliphatic carbocycles. The monoisotopic (exact) mass is 255 g/mol. The Bertz CT molecular complexity index is 492. The summed E-state index contributed by atoms with van der Waals surface area (Å²) in [6.07, 6.45) is 13.4. The largest absolute Gasteiger partial charge is 0.166 e. The zero-order chi connectivity index (χ0) is 12.8. The highest BCUT2D eigenvalue weighted by Gasteiger charge is 2.30. The van der Waals surface area contributed by atoms with Gasteiger partial charge in [0.05, 0.1) is 10.9 Å². The van der Waals surface area contributed by atoms with E-state index in [1.54, 1.807) is 0 Å². The first-order valence-corrected chi connectivity index (χ1v) is 7.54. The zero-order valence-corrected chi connectivity index (χ0v) is 11.6. The summed E-state index contributed by atoms with van der Waals surface area (Å²) in [5, 5.41) is 0. The van der Waals surface area contributed by atoms with Gasteiger partial charge in [-0.2, -0.15) is 0 Å². The topological polar surface area (TPSA) is 0 Å². The van der Waals surface area contributed by atoms with Crippen molar-refractivity contribution < 1.29 is 0 Å². The van der Waals surface area contributed by atoms with Crippen LogP contribution < -0.4 is 0 Å². The number of allylic oxidation sites excluding steroid dienone is 5. The maximum absolute atomic E-state index is 3.96. The fourth-order valence-corrected chi connectivity index (χ4v) is 4.19. The van der Waals surface area contributed by atoms with E-state index in [9.17, 15) is 0 Å². The first-order chi connectivity index (χ1) is 8.86. The lowest BCUT2D eigenvalue weighted by atomic mass is 10.2. The fraction of sp³-hybridized carbons (Fsp3) is 0.176. The number of hydrogen-bond acceptors (Lipinski definition) is 0. The molecule has 0 aliphatic heterocycles. The lowest BCUT2D eigenvalue weighted by molar-refractivity contribution is 1.03. The van der Waals surface area contributed by atoms with Crippen molar-refractivity contribution in [3.8, 4) is 0 Å². The molecule has 0 amide bonds. The molecule has 0 nitrogen and oxygen atoms in total. The van der Waals surface area contributed by atoms with Gasteiger partial charge in [-0.1, -0.05) is 30.9 Å². The summed E-state index contributed by atoms with van der Waals surface area (Å²) in [6.45, 7) is 6.05. The van der Waals surface area contributed by atoms with Crippen LogP contribution in [0.1, 0.15) is 19.8 Å². The van der Waals surface area contributed by atoms with Gasteiger partial charge in [0.15, 0.2) is 14.7 Å². The Kier molecular flexibility index (Phi) is 4.66. The summed E-state index contributed by atoms with van der Waals surface area (Å²) >= 11 is 0. The van der Waals surface area contributed by atoms with E-state index in [0.29, 0.717) is 0 Å². The molecule has 0 aromatic heterocycles. The maximum Gasteiger partial charge on any atom is 0.166 e. The average Bonchev–Trinajstić information content (AvgIpc) is 2.46. The third kappa shape index (κ3) is 2.85. The van der Waals surface area contributed by atoms with Crippen molar-refractivity contribution in [3.63, 3.8) is 0 Å². The summed E-state index contributed by atoms with van der Waals surface area (Å²) in [6, 6.07) is 10.7. The molecular weight excluding hydrogens is 236 g/mol. The Balaban J connectivity index is 2.44. The SMILES string of the molecule is C=C/C(=C\C)[S+](C1=CCCC=C1)c1ccccc1. The van der Waals surface area contributed by atoms with Gasteiger partial charge in [0.2, 0.25) is 0 Å². The van der Waals surface area contributed by atoms with Gasteiger partial charge in [-0.15, -0.1) is 0 Å². The van der Waals surface area contributed by atoms with Gasteiger partial charge < -0.3 is 0 Å². The quantitative estimate of drug-likeness (QED) is 0.525. The van der Waals surface area contributed by atoms with Gasteiger partial charge in [-0.25, -0.2) is 0 Å². The van der Waals surface area contributed by atoms with Crippen molar-refractivity contribution in [1.29, 1.82) is 0 Å². The molecule has 0 spiro atoms. The molecule has 0 fully saturated rings. The predicted octanol–water partition coefficient (Wildman–Crippen LogP) is 4.99. The Morgan fingerprint density at radius 1 is 1.22 bits per heavy atom. The summed E-state index contributed by atoms with van der Waals surface area (Å²) in [5.41, 5.74) is 0. The second-order valence-electron chi connectivity index (χ2n) is 4.10. The van der Waals surface area contributed by atoms with Crippen LogP contribution in [0, 0.1) is 0 Å². The maximum atomic E-state index is 3.96. The van der Waals surface area contributed by atoms with Crippen LogP contribution in [0.15, 0.2) is 82.0 Å². The lowest BCUT2D eigenvalue weighted by Gasteiger charge is -2.11. The molecule has 1 aliphatic rings. The van der Waals surface area contributed by atoms with E-state index in [4.69, 9.17) is 0 Å². The van der Waals surface area contributed by atoms with Crippen molar-refractivity contribution in [2.75, 3.05) is 0 Å². The van der Waals surface area contributed by atoms with Crippen LogP contribution in [0.4, 0.5) is 0 Å². The summed E-state index contributed by atoms with van der Waals surface area (Å²) in [5.74, 6) is 0. The van der Waals surface area contributed by atoms with Crippen molar-refractivity contribution in [2.45, 2.75) is 24.7 Å². The van der Waals surface area contributed by atoms with Gasteiger partial charge in [-0.05, 0) is 56.2 Å². The van der Waals surface area contributed by atoms with Crippen LogP contribution in [-0.4, -0.2) is 0 Å². The van der Waals surface area contributed by atoms with E-state index in [1.807, 2.05) is 6.08 Å². The van der Waals surface area contributed by atoms with Gasteiger partial charge in [0, 0.05) is 0 Å². The Hall–Kier alpha value is -1.47. The molecule has 0 heterocycles. The fourth-order valence-electron chi connectivity index (χ4n) is 2.02. The van der Waals surface area contributed by atoms with Gasteiger partial charge in [-0.3, -0.25) is 0 Å². The van der Waals surface area contributed by atoms with Crippen LogP contribution in [0.3, 0.4) is 0 Å². The molecular formula is C17H19S+. The molecule has 2 rings (SSSR count). The first-order valence-electron chi connectivity index (χ1n) is 6.31. The summed E-state index contributed by atoms with van der Waals surface area (Å²) < 4.78 is 0. The third-order valence-corrected chi connectivity index (χ3v) is 5.29. The Labute approximate surface area is 113 Å². The van der Waals surface area contributed by atoms with Crippen LogP contribution >= 0.6 is 0 Å². The number of hydrogen-bond donors (Lipinski definition) is 0. The second kappa shape index (κ2) is 6.46. The third-order valence-electron chi connectivity index (χ3n) is 2.90. The second-order valence-corrected chi connectivity index (χ2v) is 6.13. The van der Waals surface area contributed by atoms with E-state index in [1.165, 1.54) is 14.7 Å². The molecule has 0 saturated carbocycles.